The maximum atomic E-state index is 13.0. The van der Waals surface area contributed by atoms with Gasteiger partial charge in [0.25, 0.3) is 0 Å². The van der Waals surface area contributed by atoms with E-state index in [9.17, 15) is 9.59 Å². The van der Waals surface area contributed by atoms with Crippen LogP contribution in [0.15, 0.2) is 16.8 Å². The van der Waals surface area contributed by atoms with Gasteiger partial charge in [0.1, 0.15) is 0 Å². The van der Waals surface area contributed by atoms with E-state index in [1.165, 1.54) is 5.56 Å². The van der Waals surface area contributed by atoms with Gasteiger partial charge in [0, 0.05) is 40.3 Å². The number of likely N-dealkylation sites (N-methyl/N-ethyl adjacent to an activating group) is 1. The third-order valence-corrected chi connectivity index (χ3v) is 6.07. The highest BCUT2D eigenvalue weighted by molar-refractivity contribution is 7.07. The number of thiophene rings is 1. The Balaban J connectivity index is 1.67. The molecule has 5 nitrogen and oxygen atoms in total. The van der Waals surface area contributed by atoms with Gasteiger partial charge in [0.05, 0.1) is 12.0 Å². The van der Waals surface area contributed by atoms with E-state index >= 15 is 0 Å². The first-order valence-corrected chi connectivity index (χ1v) is 9.09. The Kier molecular flexibility index (Phi) is 4.47. The molecule has 2 saturated heterocycles. The molecule has 3 heterocycles. The third-order valence-electron chi connectivity index (χ3n) is 5.33. The van der Waals surface area contributed by atoms with Crippen LogP contribution in [0.25, 0.3) is 0 Å². The average molecular weight is 335 g/mol. The fourth-order valence-electron chi connectivity index (χ4n) is 3.86. The highest BCUT2D eigenvalue weighted by Crippen LogP contribution is 2.45. The fourth-order valence-corrected chi connectivity index (χ4v) is 4.52. The molecule has 2 aliphatic heterocycles. The molecule has 0 aromatic carbocycles. The predicted octanol–water partition coefficient (Wildman–Crippen LogP) is 1.51. The summed E-state index contributed by atoms with van der Waals surface area (Å²) in [5.41, 5.74) is 1.03. The summed E-state index contributed by atoms with van der Waals surface area (Å²) < 4.78 is 0. The van der Waals surface area contributed by atoms with Gasteiger partial charge in [-0.15, -0.1) is 0 Å². The molecule has 3 rings (SSSR count). The number of rotatable bonds is 4. The second kappa shape index (κ2) is 6.24. The van der Waals surface area contributed by atoms with Gasteiger partial charge in [0.15, 0.2) is 0 Å². The SMILES string of the molecule is C[C@@H]1CN(Cc2ccsc2)CC12CCN(CC(=O)N(C)C)C2=O. The molecule has 0 saturated carbocycles. The van der Waals surface area contributed by atoms with Crippen LogP contribution in [-0.2, 0) is 16.1 Å². The first kappa shape index (κ1) is 16.5. The summed E-state index contributed by atoms with van der Waals surface area (Å²) in [7, 11) is 3.47. The molecule has 23 heavy (non-hydrogen) atoms. The maximum absolute atomic E-state index is 13.0. The van der Waals surface area contributed by atoms with Crippen molar-refractivity contribution in [2.75, 3.05) is 40.3 Å². The molecule has 2 atom stereocenters. The summed E-state index contributed by atoms with van der Waals surface area (Å²) in [4.78, 5) is 30.6. The van der Waals surface area contributed by atoms with E-state index in [1.807, 2.05) is 0 Å². The van der Waals surface area contributed by atoms with Crippen LogP contribution in [-0.4, -0.2) is 66.8 Å². The van der Waals surface area contributed by atoms with Crippen LogP contribution in [0.3, 0.4) is 0 Å². The van der Waals surface area contributed by atoms with E-state index in [0.29, 0.717) is 12.5 Å². The lowest BCUT2D eigenvalue weighted by Gasteiger charge is -2.27. The predicted molar refractivity (Wildman–Crippen MR) is 91.1 cm³/mol. The van der Waals surface area contributed by atoms with E-state index in [1.54, 1.807) is 35.2 Å². The Morgan fingerprint density at radius 2 is 2.26 bits per heavy atom. The van der Waals surface area contributed by atoms with E-state index in [0.717, 1.165) is 26.1 Å². The zero-order valence-corrected chi connectivity index (χ0v) is 14.9. The van der Waals surface area contributed by atoms with Crippen LogP contribution < -0.4 is 0 Å². The minimum absolute atomic E-state index is 0.00354. The Morgan fingerprint density at radius 1 is 1.48 bits per heavy atom. The van der Waals surface area contributed by atoms with Crippen molar-refractivity contribution in [1.82, 2.24) is 14.7 Å². The molecule has 0 aliphatic carbocycles. The summed E-state index contributed by atoms with van der Waals surface area (Å²) >= 11 is 1.71. The Labute approximate surface area is 141 Å². The molecule has 2 aliphatic rings. The quantitative estimate of drug-likeness (QED) is 0.838. The van der Waals surface area contributed by atoms with E-state index in [2.05, 4.69) is 28.7 Å². The molecule has 1 aromatic heterocycles. The second-order valence-corrected chi connectivity index (χ2v) is 7.90. The van der Waals surface area contributed by atoms with Crippen LogP contribution in [0.4, 0.5) is 0 Å². The molecule has 0 radical (unpaired) electrons. The Hall–Kier alpha value is -1.40. The van der Waals surface area contributed by atoms with Crippen molar-refractivity contribution in [3.05, 3.63) is 22.4 Å². The van der Waals surface area contributed by atoms with Crippen molar-refractivity contribution in [2.24, 2.45) is 11.3 Å². The van der Waals surface area contributed by atoms with Crippen molar-refractivity contribution in [3.63, 3.8) is 0 Å². The molecule has 2 amide bonds. The second-order valence-electron chi connectivity index (χ2n) is 7.12. The van der Waals surface area contributed by atoms with Gasteiger partial charge in [0.2, 0.25) is 11.8 Å². The Morgan fingerprint density at radius 3 is 2.91 bits per heavy atom. The summed E-state index contributed by atoms with van der Waals surface area (Å²) in [6.45, 7) is 5.79. The lowest BCUT2D eigenvalue weighted by atomic mass is 9.78. The molecule has 1 unspecified atom stereocenters. The standard InChI is InChI=1S/C17H25N3O2S/c1-13-8-19(9-14-4-7-23-11-14)12-17(13)5-6-20(16(17)22)10-15(21)18(2)3/h4,7,11,13H,5-6,8-10,12H2,1-3H3/t13-,17?/m1/s1. The minimum atomic E-state index is -0.289. The molecule has 1 spiro atoms. The van der Waals surface area contributed by atoms with Crippen molar-refractivity contribution < 1.29 is 9.59 Å². The highest BCUT2D eigenvalue weighted by atomic mass is 32.1. The molecule has 1 aromatic rings. The third kappa shape index (κ3) is 3.02. The van der Waals surface area contributed by atoms with Crippen LogP contribution in [0, 0.1) is 11.3 Å². The molecule has 0 N–H and O–H groups in total. The van der Waals surface area contributed by atoms with Crippen LogP contribution >= 0.6 is 11.3 Å². The monoisotopic (exact) mass is 335 g/mol. The molecule has 6 heteroatoms. The number of amides is 2. The van der Waals surface area contributed by atoms with Gasteiger partial charge in [-0.1, -0.05) is 6.92 Å². The number of carbonyl (C=O) groups is 2. The van der Waals surface area contributed by atoms with Crippen LogP contribution in [0.2, 0.25) is 0 Å². The van der Waals surface area contributed by atoms with Crippen molar-refractivity contribution >= 4 is 23.2 Å². The van der Waals surface area contributed by atoms with Crippen molar-refractivity contribution in [2.45, 2.75) is 19.9 Å². The van der Waals surface area contributed by atoms with E-state index < -0.39 is 0 Å². The minimum Gasteiger partial charge on any atom is -0.347 e. The highest BCUT2D eigenvalue weighted by Gasteiger charge is 2.55. The molecular formula is C17H25N3O2S. The van der Waals surface area contributed by atoms with Crippen LogP contribution in [0.1, 0.15) is 18.9 Å². The normalized spacial score (nSPS) is 28.0. The van der Waals surface area contributed by atoms with Crippen molar-refractivity contribution in [3.8, 4) is 0 Å². The number of hydrogen-bond acceptors (Lipinski definition) is 4. The zero-order chi connectivity index (χ0) is 16.6. The van der Waals surface area contributed by atoms with Crippen molar-refractivity contribution in [1.29, 1.82) is 0 Å². The fraction of sp³-hybridized carbons (Fsp3) is 0.647. The van der Waals surface area contributed by atoms with Gasteiger partial charge in [-0.05, 0) is 34.7 Å². The van der Waals surface area contributed by atoms with Gasteiger partial charge in [-0.3, -0.25) is 14.5 Å². The molecular weight excluding hydrogens is 310 g/mol. The van der Waals surface area contributed by atoms with Crippen LogP contribution in [0.5, 0.6) is 0 Å². The number of nitrogens with zero attached hydrogens (tertiary/aromatic N) is 3. The summed E-state index contributed by atoms with van der Waals surface area (Å²) in [5, 5.41) is 4.27. The largest absolute Gasteiger partial charge is 0.347 e. The Bertz CT molecular complexity index is 587. The average Bonchev–Trinajstić information content (AvgIpc) is 3.18. The maximum Gasteiger partial charge on any atom is 0.241 e. The van der Waals surface area contributed by atoms with E-state index in [-0.39, 0.29) is 23.8 Å². The number of carbonyl (C=O) groups excluding carboxylic acids is 2. The lowest BCUT2D eigenvalue weighted by molar-refractivity contribution is -0.142. The summed E-state index contributed by atoms with van der Waals surface area (Å²) in [6.07, 6.45) is 0.869. The first-order valence-electron chi connectivity index (χ1n) is 8.15. The molecule has 0 bridgehead atoms. The van der Waals surface area contributed by atoms with Gasteiger partial charge >= 0.3 is 0 Å². The summed E-state index contributed by atoms with van der Waals surface area (Å²) in [6, 6.07) is 2.15. The van der Waals surface area contributed by atoms with Gasteiger partial charge < -0.3 is 9.80 Å². The number of hydrogen-bond donors (Lipinski definition) is 0. The van der Waals surface area contributed by atoms with E-state index in [4.69, 9.17) is 0 Å². The molecule has 126 valence electrons. The van der Waals surface area contributed by atoms with Gasteiger partial charge in [-0.25, -0.2) is 0 Å². The smallest absolute Gasteiger partial charge is 0.241 e. The number of likely N-dealkylation sites (tertiary alicyclic amines) is 2. The van der Waals surface area contributed by atoms with Gasteiger partial charge in [-0.2, -0.15) is 11.3 Å². The summed E-state index contributed by atoms with van der Waals surface area (Å²) in [5.74, 6) is 0.511. The topological polar surface area (TPSA) is 43.9 Å². The lowest BCUT2D eigenvalue weighted by Crippen LogP contribution is -2.43. The first-order chi connectivity index (χ1) is 10.9. The molecule has 2 fully saturated rings. The zero-order valence-electron chi connectivity index (χ0n) is 14.1.